The van der Waals surface area contributed by atoms with Crippen molar-refractivity contribution in [3.8, 4) is 0 Å². The van der Waals surface area contributed by atoms with Gasteiger partial charge in [0.2, 0.25) is 11.8 Å². The standard InChI is InChI=1S/C29H32Cl3N3O4S/c1-4-20(3)33-29(37)27(5-2)34(18-21-11-12-23(31)17-26(21)32)28(36)19-35(24-15-13-22(30)14-16-24)40(38,39)25-9-7-6-8-10-25/h6-17,20,27H,4-5,18-19H2,1-3H3,(H,33,37)/t20-,27-/m0/s1. The number of sulfonamides is 1. The number of nitrogens with one attached hydrogen (secondary N) is 1. The molecule has 0 unspecified atom stereocenters. The zero-order valence-electron chi connectivity index (χ0n) is 22.5. The molecule has 0 saturated heterocycles. The van der Waals surface area contributed by atoms with Crippen LogP contribution in [-0.2, 0) is 26.2 Å². The Morgan fingerprint density at radius 3 is 2.08 bits per heavy atom. The molecule has 0 aromatic heterocycles. The number of amides is 2. The van der Waals surface area contributed by atoms with Crippen molar-refractivity contribution in [2.24, 2.45) is 0 Å². The van der Waals surface area contributed by atoms with Gasteiger partial charge in [-0.1, -0.05) is 72.9 Å². The molecule has 11 heteroatoms. The van der Waals surface area contributed by atoms with E-state index in [4.69, 9.17) is 34.8 Å². The van der Waals surface area contributed by atoms with Gasteiger partial charge in [0.05, 0.1) is 10.6 Å². The summed E-state index contributed by atoms with van der Waals surface area (Å²) in [4.78, 5) is 28.8. The first-order valence-corrected chi connectivity index (χ1v) is 15.4. The Hall–Kier alpha value is -2.78. The number of benzene rings is 3. The van der Waals surface area contributed by atoms with E-state index in [0.717, 1.165) is 4.31 Å². The van der Waals surface area contributed by atoms with Gasteiger partial charge in [0, 0.05) is 27.7 Å². The van der Waals surface area contributed by atoms with Crippen molar-refractivity contribution in [3.05, 3.63) is 93.4 Å². The fraction of sp³-hybridized carbons (Fsp3) is 0.310. The first kappa shape index (κ1) is 31.7. The van der Waals surface area contributed by atoms with E-state index < -0.39 is 28.5 Å². The van der Waals surface area contributed by atoms with Crippen LogP contribution in [0.25, 0.3) is 0 Å². The summed E-state index contributed by atoms with van der Waals surface area (Å²) in [6, 6.07) is 17.9. The maximum Gasteiger partial charge on any atom is 0.264 e. The molecule has 0 saturated carbocycles. The van der Waals surface area contributed by atoms with Crippen molar-refractivity contribution in [3.63, 3.8) is 0 Å². The zero-order valence-corrected chi connectivity index (χ0v) is 25.6. The molecule has 2 atom stereocenters. The van der Waals surface area contributed by atoms with Crippen LogP contribution >= 0.6 is 34.8 Å². The van der Waals surface area contributed by atoms with Crippen LogP contribution in [0.1, 0.15) is 39.2 Å². The lowest BCUT2D eigenvalue weighted by Gasteiger charge is -2.34. The first-order valence-electron chi connectivity index (χ1n) is 12.8. The molecule has 3 aromatic rings. The maximum atomic E-state index is 14.1. The van der Waals surface area contributed by atoms with Gasteiger partial charge in [0.25, 0.3) is 10.0 Å². The van der Waals surface area contributed by atoms with Gasteiger partial charge in [-0.2, -0.15) is 0 Å². The average molecular weight is 625 g/mol. The van der Waals surface area contributed by atoms with Crippen LogP contribution in [-0.4, -0.2) is 43.8 Å². The van der Waals surface area contributed by atoms with Crippen LogP contribution in [0.5, 0.6) is 0 Å². The summed E-state index contributed by atoms with van der Waals surface area (Å²) in [6.07, 6.45) is 1.00. The van der Waals surface area contributed by atoms with Crippen molar-refractivity contribution in [2.75, 3.05) is 10.8 Å². The van der Waals surface area contributed by atoms with E-state index in [2.05, 4.69) is 5.32 Å². The Bertz CT molecular complexity index is 1420. The Labute approximate surface area is 251 Å². The second kappa shape index (κ2) is 14.2. The SMILES string of the molecule is CC[C@H](C)NC(=O)[C@H](CC)N(Cc1ccc(Cl)cc1Cl)C(=O)CN(c1ccc(Cl)cc1)S(=O)(=O)c1ccccc1. The van der Waals surface area contributed by atoms with E-state index in [1.807, 2.05) is 13.8 Å². The van der Waals surface area contributed by atoms with E-state index >= 15 is 0 Å². The monoisotopic (exact) mass is 623 g/mol. The number of hydrogen-bond donors (Lipinski definition) is 1. The number of halogens is 3. The van der Waals surface area contributed by atoms with Gasteiger partial charge in [0.1, 0.15) is 12.6 Å². The fourth-order valence-corrected chi connectivity index (χ4v) is 6.08. The lowest BCUT2D eigenvalue weighted by molar-refractivity contribution is -0.140. The molecule has 2 amide bonds. The third-order valence-corrected chi connectivity index (χ3v) is 9.09. The zero-order chi connectivity index (χ0) is 29.4. The molecule has 214 valence electrons. The van der Waals surface area contributed by atoms with E-state index in [1.54, 1.807) is 55.5 Å². The molecule has 7 nitrogen and oxygen atoms in total. The number of carbonyl (C=O) groups excluding carboxylic acids is 2. The van der Waals surface area contributed by atoms with Crippen LogP contribution in [0.2, 0.25) is 15.1 Å². The van der Waals surface area contributed by atoms with E-state index in [-0.39, 0.29) is 29.1 Å². The van der Waals surface area contributed by atoms with Gasteiger partial charge in [-0.05, 0) is 73.9 Å². The summed E-state index contributed by atoms with van der Waals surface area (Å²) >= 11 is 18.6. The summed E-state index contributed by atoms with van der Waals surface area (Å²) in [6.45, 7) is 5.03. The average Bonchev–Trinajstić information content (AvgIpc) is 2.93. The summed E-state index contributed by atoms with van der Waals surface area (Å²) < 4.78 is 28.6. The molecule has 1 N–H and O–H groups in total. The smallest absolute Gasteiger partial charge is 0.264 e. The minimum Gasteiger partial charge on any atom is -0.352 e. The van der Waals surface area contributed by atoms with Crippen molar-refractivity contribution >= 4 is 62.3 Å². The molecule has 0 aliphatic rings. The second-order valence-electron chi connectivity index (χ2n) is 9.30. The Morgan fingerprint density at radius 1 is 0.875 bits per heavy atom. The lowest BCUT2D eigenvalue weighted by Crippen LogP contribution is -2.53. The molecule has 0 aliphatic carbocycles. The molecule has 3 aromatic carbocycles. The molecule has 0 aliphatic heterocycles. The van der Waals surface area contributed by atoms with E-state index in [9.17, 15) is 18.0 Å². The molecular weight excluding hydrogens is 593 g/mol. The van der Waals surface area contributed by atoms with Crippen LogP contribution in [0.3, 0.4) is 0 Å². The highest BCUT2D eigenvalue weighted by Gasteiger charge is 2.34. The van der Waals surface area contributed by atoms with Gasteiger partial charge in [0.15, 0.2) is 0 Å². The fourth-order valence-electron chi connectivity index (χ4n) is 4.05. The van der Waals surface area contributed by atoms with Crippen LogP contribution in [0.4, 0.5) is 5.69 Å². The number of hydrogen-bond acceptors (Lipinski definition) is 4. The highest BCUT2D eigenvalue weighted by atomic mass is 35.5. The third-order valence-electron chi connectivity index (χ3n) is 6.47. The predicted molar refractivity (Wildman–Crippen MR) is 161 cm³/mol. The maximum absolute atomic E-state index is 14.1. The molecule has 0 spiro atoms. The molecule has 3 rings (SSSR count). The highest BCUT2D eigenvalue weighted by molar-refractivity contribution is 7.92. The van der Waals surface area contributed by atoms with Crippen molar-refractivity contribution in [2.45, 2.75) is 57.1 Å². The van der Waals surface area contributed by atoms with Crippen LogP contribution in [0.15, 0.2) is 77.7 Å². The molecule has 0 heterocycles. The topological polar surface area (TPSA) is 86.8 Å². The second-order valence-corrected chi connectivity index (χ2v) is 12.4. The third kappa shape index (κ3) is 7.91. The quantitative estimate of drug-likeness (QED) is 0.247. The largest absolute Gasteiger partial charge is 0.352 e. The van der Waals surface area contributed by atoms with E-state index in [0.29, 0.717) is 33.5 Å². The van der Waals surface area contributed by atoms with Gasteiger partial charge in [-0.3, -0.25) is 13.9 Å². The normalized spacial score (nSPS) is 12.8. The van der Waals surface area contributed by atoms with Crippen LogP contribution < -0.4 is 9.62 Å². The summed E-state index contributed by atoms with van der Waals surface area (Å²) in [7, 11) is -4.16. The Kier molecular flexibility index (Phi) is 11.3. The molecule has 0 fully saturated rings. The Morgan fingerprint density at radius 2 is 1.50 bits per heavy atom. The number of carbonyl (C=O) groups is 2. The van der Waals surface area contributed by atoms with Crippen molar-refractivity contribution in [1.82, 2.24) is 10.2 Å². The number of rotatable bonds is 12. The molecule has 0 bridgehead atoms. The van der Waals surface area contributed by atoms with Gasteiger partial charge in [-0.15, -0.1) is 0 Å². The van der Waals surface area contributed by atoms with E-state index in [1.165, 1.54) is 29.2 Å². The predicted octanol–water partition coefficient (Wildman–Crippen LogP) is 6.56. The molecule has 40 heavy (non-hydrogen) atoms. The first-order chi connectivity index (χ1) is 19.0. The van der Waals surface area contributed by atoms with Gasteiger partial charge in [-0.25, -0.2) is 8.42 Å². The number of anilines is 1. The van der Waals surface area contributed by atoms with Crippen molar-refractivity contribution in [1.29, 1.82) is 0 Å². The minimum absolute atomic E-state index is 0.0200. The summed E-state index contributed by atoms with van der Waals surface area (Å²) in [5, 5.41) is 4.11. The van der Waals surface area contributed by atoms with Crippen molar-refractivity contribution < 1.29 is 18.0 Å². The highest BCUT2D eigenvalue weighted by Crippen LogP contribution is 2.27. The Balaban J connectivity index is 2.07. The summed E-state index contributed by atoms with van der Waals surface area (Å²) in [5.74, 6) is -0.911. The molecular formula is C29H32Cl3N3O4S. The minimum atomic E-state index is -4.16. The van der Waals surface area contributed by atoms with Gasteiger partial charge < -0.3 is 10.2 Å². The number of nitrogens with zero attached hydrogens (tertiary/aromatic N) is 2. The lowest BCUT2D eigenvalue weighted by atomic mass is 10.1. The van der Waals surface area contributed by atoms with Crippen LogP contribution in [0, 0.1) is 0 Å². The summed E-state index contributed by atoms with van der Waals surface area (Å²) in [5.41, 5.74) is 0.821. The van der Waals surface area contributed by atoms with Gasteiger partial charge >= 0.3 is 0 Å². The molecule has 0 radical (unpaired) electrons.